The molecule has 0 amide bonds. The number of morpholine rings is 1. The van der Waals surface area contributed by atoms with Crippen molar-refractivity contribution in [2.45, 2.75) is 52.7 Å². The van der Waals surface area contributed by atoms with Gasteiger partial charge in [-0.3, -0.25) is 4.99 Å². The molecule has 1 saturated heterocycles. The standard InChI is InChI=1S/C22H31FN4O2.HI/c1-6-24-22(25-11-14(2)21-16(4)26-29-17(21)5)27-12-15(3)28-20(13-27)18-7-9-19(23)10-8-18;/h7-10,14-15,20H,6,11-13H2,1-5H3,(H,24,25);1H. The Bertz CT molecular complexity index is 821. The van der Waals surface area contributed by atoms with Crippen LogP contribution in [0.1, 0.15) is 55.4 Å². The first-order valence-corrected chi connectivity index (χ1v) is 10.3. The van der Waals surface area contributed by atoms with Gasteiger partial charge in [0.1, 0.15) is 17.7 Å². The Kier molecular flexibility index (Phi) is 9.09. The molecular weight excluding hydrogens is 498 g/mol. The maximum Gasteiger partial charge on any atom is 0.194 e. The van der Waals surface area contributed by atoms with Gasteiger partial charge in [0.2, 0.25) is 0 Å². The molecule has 3 unspecified atom stereocenters. The molecule has 0 spiro atoms. The van der Waals surface area contributed by atoms with Crippen molar-refractivity contribution >= 4 is 29.9 Å². The average molecular weight is 530 g/mol. The van der Waals surface area contributed by atoms with Crippen molar-refractivity contribution in [3.63, 3.8) is 0 Å². The average Bonchev–Trinajstić information content (AvgIpc) is 3.03. The van der Waals surface area contributed by atoms with Crippen molar-refractivity contribution < 1.29 is 13.7 Å². The van der Waals surface area contributed by atoms with Crippen molar-refractivity contribution in [1.82, 2.24) is 15.4 Å². The number of aromatic nitrogens is 1. The van der Waals surface area contributed by atoms with Crippen molar-refractivity contribution in [3.8, 4) is 0 Å². The van der Waals surface area contributed by atoms with E-state index in [9.17, 15) is 4.39 Å². The minimum absolute atomic E-state index is 0. The fourth-order valence-corrected chi connectivity index (χ4v) is 3.92. The first-order valence-electron chi connectivity index (χ1n) is 10.3. The summed E-state index contributed by atoms with van der Waals surface area (Å²) in [7, 11) is 0. The zero-order chi connectivity index (χ0) is 21.0. The Morgan fingerprint density at radius 1 is 1.30 bits per heavy atom. The second-order valence-electron chi connectivity index (χ2n) is 7.73. The summed E-state index contributed by atoms with van der Waals surface area (Å²) in [6.07, 6.45) is -0.0779. The van der Waals surface area contributed by atoms with Crippen LogP contribution >= 0.6 is 24.0 Å². The summed E-state index contributed by atoms with van der Waals surface area (Å²) in [6, 6.07) is 6.54. The van der Waals surface area contributed by atoms with Gasteiger partial charge in [-0.1, -0.05) is 24.2 Å². The molecule has 3 atom stereocenters. The van der Waals surface area contributed by atoms with E-state index >= 15 is 0 Å². The van der Waals surface area contributed by atoms with Crippen LogP contribution in [0.15, 0.2) is 33.8 Å². The van der Waals surface area contributed by atoms with E-state index in [1.165, 1.54) is 12.1 Å². The summed E-state index contributed by atoms with van der Waals surface area (Å²) in [5.74, 6) is 1.69. The summed E-state index contributed by atoms with van der Waals surface area (Å²) in [5, 5.41) is 7.46. The highest BCUT2D eigenvalue weighted by atomic mass is 127. The summed E-state index contributed by atoms with van der Waals surface area (Å²) in [6.45, 7) is 13.0. The molecule has 0 aliphatic carbocycles. The number of guanidine groups is 1. The zero-order valence-electron chi connectivity index (χ0n) is 18.3. The number of rotatable bonds is 5. The molecule has 1 N–H and O–H groups in total. The van der Waals surface area contributed by atoms with Crippen LogP contribution in [0.3, 0.4) is 0 Å². The number of nitrogens with zero attached hydrogens (tertiary/aromatic N) is 3. The van der Waals surface area contributed by atoms with Gasteiger partial charge >= 0.3 is 0 Å². The smallest absolute Gasteiger partial charge is 0.194 e. The predicted octanol–water partition coefficient (Wildman–Crippen LogP) is 4.58. The molecule has 1 fully saturated rings. The third-order valence-electron chi connectivity index (χ3n) is 5.23. The summed E-state index contributed by atoms with van der Waals surface area (Å²) >= 11 is 0. The predicted molar refractivity (Wildman–Crippen MR) is 127 cm³/mol. The first-order chi connectivity index (χ1) is 13.9. The van der Waals surface area contributed by atoms with Crippen molar-refractivity contribution in [3.05, 3.63) is 52.7 Å². The lowest BCUT2D eigenvalue weighted by molar-refractivity contribution is -0.0605. The number of hydrogen-bond acceptors (Lipinski definition) is 4. The van der Waals surface area contributed by atoms with Gasteiger partial charge < -0.3 is 19.5 Å². The van der Waals surface area contributed by atoms with Gasteiger partial charge in [-0.15, -0.1) is 24.0 Å². The van der Waals surface area contributed by atoms with Crippen LogP contribution in [0.2, 0.25) is 0 Å². The fourth-order valence-electron chi connectivity index (χ4n) is 3.92. The number of ether oxygens (including phenoxy) is 1. The number of aliphatic imine (C=N–C) groups is 1. The van der Waals surface area contributed by atoms with Gasteiger partial charge in [0.25, 0.3) is 0 Å². The summed E-state index contributed by atoms with van der Waals surface area (Å²) < 4.78 is 24.7. The van der Waals surface area contributed by atoms with E-state index in [0.717, 1.165) is 41.6 Å². The monoisotopic (exact) mass is 530 g/mol. The van der Waals surface area contributed by atoms with Gasteiger partial charge in [-0.25, -0.2) is 4.39 Å². The lowest BCUT2D eigenvalue weighted by atomic mass is 10.00. The minimum atomic E-state index is -0.238. The summed E-state index contributed by atoms with van der Waals surface area (Å²) in [5.41, 5.74) is 3.03. The molecule has 1 aliphatic rings. The second kappa shape index (κ2) is 11.1. The van der Waals surface area contributed by atoms with Crippen molar-refractivity contribution in [1.29, 1.82) is 0 Å². The Morgan fingerprint density at radius 3 is 2.60 bits per heavy atom. The number of halogens is 2. The molecule has 1 aromatic heterocycles. The molecule has 0 bridgehead atoms. The van der Waals surface area contributed by atoms with Crippen LogP contribution in [0.5, 0.6) is 0 Å². The number of hydrogen-bond donors (Lipinski definition) is 1. The topological polar surface area (TPSA) is 62.9 Å². The molecule has 30 heavy (non-hydrogen) atoms. The third-order valence-corrected chi connectivity index (χ3v) is 5.23. The minimum Gasteiger partial charge on any atom is -0.367 e. The van der Waals surface area contributed by atoms with Crippen LogP contribution in [-0.4, -0.2) is 48.3 Å². The van der Waals surface area contributed by atoms with Crippen LogP contribution in [0.4, 0.5) is 4.39 Å². The number of benzene rings is 1. The lowest BCUT2D eigenvalue weighted by Crippen LogP contribution is -2.50. The van der Waals surface area contributed by atoms with Gasteiger partial charge in [-0.05, 0) is 45.4 Å². The Labute approximate surface area is 195 Å². The van der Waals surface area contributed by atoms with Crippen LogP contribution in [0, 0.1) is 19.7 Å². The first kappa shape index (κ1) is 24.6. The number of aryl methyl sites for hydroxylation is 2. The Hall–Kier alpha value is -1.68. The van der Waals surface area contributed by atoms with E-state index in [1.807, 2.05) is 13.8 Å². The molecule has 2 heterocycles. The van der Waals surface area contributed by atoms with E-state index in [1.54, 1.807) is 12.1 Å². The molecule has 8 heteroatoms. The highest BCUT2D eigenvalue weighted by molar-refractivity contribution is 14.0. The Morgan fingerprint density at radius 2 is 2.00 bits per heavy atom. The highest BCUT2D eigenvalue weighted by Crippen LogP contribution is 2.26. The van der Waals surface area contributed by atoms with E-state index in [0.29, 0.717) is 13.1 Å². The van der Waals surface area contributed by atoms with Crippen LogP contribution in [-0.2, 0) is 4.74 Å². The molecule has 1 aromatic carbocycles. The second-order valence-corrected chi connectivity index (χ2v) is 7.73. The summed E-state index contributed by atoms with van der Waals surface area (Å²) in [4.78, 5) is 7.13. The SMILES string of the molecule is CCNC(=NCC(C)c1c(C)noc1C)N1CC(C)OC(c2ccc(F)cc2)C1.I. The normalized spacial score (nSPS) is 20.6. The largest absolute Gasteiger partial charge is 0.367 e. The number of nitrogens with one attached hydrogen (secondary N) is 1. The Balaban J connectivity index is 0.00000320. The molecule has 0 radical (unpaired) electrons. The zero-order valence-corrected chi connectivity index (χ0v) is 20.6. The van der Waals surface area contributed by atoms with E-state index in [-0.39, 0.29) is 47.9 Å². The van der Waals surface area contributed by atoms with E-state index in [4.69, 9.17) is 14.3 Å². The van der Waals surface area contributed by atoms with E-state index in [2.05, 4.69) is 36.1 Å². The molecule has 2 aromatic rings. The van der Waals surface area contributed by atoms with Gasteiger partial charge in [0.15, 0.2) is 5.96 Å². The van der Waals surface area contributed by atoms with Crippen LogP contribution in [0.25, 0.3) is 0 Å². The van der Waals surface area contributed by atoms with Gasteiger partial charge in [-0.2, -0.15) is 0 Å². The molecule has 3 rings (SSSR count). The molecular formula is C22H32FIN4O2. The molecule has 1 aliphatic heterocycles. The lowest BCUT2D eigenvalue weighted by Gasteiger charge is -2.39. The van der Waals surface area contributed by atoms with Crippen molar-refractivity contribution in [2.24, 2.45) is 4.99 Å². The van der Waals surface area contributed by atoms with Gasteiger partial charge in [0.05, 0.1) is 18.3 Å². The maximum atomic E-state index is 13.3. The van der Waals surface area contributed by atoms with Crippen molar-refractivity contribution in [2.75, 3.05) is 26.2 Å². The van der Waals surface area contributed by atoms with Gasteiger partial charge in [0, 0.05) is 31.1 Å². The maximum absolute atomic E-state index is 13.3. The highest BCUT2D eigenvalue weighted by Gasteiger charge is 2.28. The quantitative estimate of drug-likeness (QED) is 0.349. The van der Waals surface area contributed by atoms with Crippen LogP contribution < -0.4 is 5.32 Å². The van der Waals surface area contributed by atoms with E-state index < -0.39 is 0 Å². The molecule has 0 saturated carbocycles. The molecule has 6 nitrogen and oxygen atoms in total. The third kappa shape index (κ3) is 5.94. The molecule has 166 valence electrons. The fraction of sp³-hybridized carbons (Fsp3) is 0.545.